The average molecular weight is 371 g/mol. The molecular formula is C21H34N6. The molecule has 0 spiro atoms. The summed E-state index contributed by atoms with van der Waals surface area (Å²) < 4.78 is 0. The van der Waals surface area contributed by atoms with Gasteiger partial charge < -0.3 is 15.5 Å². The largest absolute Gasteiger partial charge is 0.366 e. The summed E-state index contributed by atoms with van der Waals surface area (Å²) in [5.41, 5.74) is 0.534. The van der Waals surface area contributed by atoms with Crippen LogP contribution in [-0.4, -0.2) is 46.6 Å². The van der Waals surface area contributed by atoms with Crippen molar-refractivity contribution in [2.24, 2.45) is 0 Å². The first kappa shape index (κ1) is 19.9. The first-order valence-electron chi connectivity index (χ1n) is 10.8. The van der Waals surface area contributed by atoms with Crippen LogP contribution in [0.25, 0.3) is 0 Å². The predicted molar refractivity (Wildman–Crippen MR) is 110 cm³/mol. The molecule has 1 aliphatic heterocycles. The van der Waals surface area contributed by atoms with Crippen LogP contribution in [0.15, 0.2) is 6.20 Å². The first-order chi connectivity index (χ1) is 13.3. The van der Waals surface area contributed by atoms with Crippen molar-refractivity contribution in [2.45, 2.75) is 83.2 Å². The number of rotatable bonds is 7. The number of nitrogens with one attached hydrogen (secondary N) is 2. The van der Waals surface area contributed by atoms with Gasteiger partial charge in [-0.15, -0.1) is 0 Å². The van der Waals surface area contributed by atoms with E-state index in [4.69, 9.17) is 0 Å². The molecule has 0 radical (unpaired) electrons. The van der Waals surface area contributed by atoms with E-state index in [1.807, 2.05) is 0 Å². The van der Waals surface area contributed by atoms with Gasteiger partial charge in [-0.05, 0) is 45.6 Å². The van der Waals surface area contributed by atoms with E-state index in [1.54, 1.807) is 6.20 Å². The van der Waals surface area contributed by atoms with Crippen LogP contribution >= 0.6 is 0 Å². The molecule has 2 heterocycles. The number of hydrogen-bond acceptors (Lipinski definition) is 6. The van der Waals surface area contributed by atoms with Crippen molar-refractivity contribution in [1.29, 1.82) is 5.26 Å². The van der Waals surface area contributed by atoms with Crippen LogP contribution in [0.3, 0.4) is 0 Å². The second-order valence-corrected chi connectivity index (χ2v) is 8.06. The molecule has 1 aliphatic carbocycles. The van der Waals surface area contributed by atoms with Crippen molar-refractivity contribution in [2.75, 3.05) is 30.3 Å². The Morgan fingerprint density at radius 2 is 1.93 bits per heavy atom. The summed E-state index contributed by atoms with van der Waals surface area (Å²) in [4.78, 5) is 11.5. The highest BCUT2D eigenvalue weighted by molar-refractivity contribution is 5.53. The summed E-state index contributed by atoms with van der Waals surface area (Å²) in [6.07, 6.45) is 14.2. The Morgan fingerprint density at radius 1 is 1.15 bits per heavy atom. The molecule has 0 aromatic carbocycles. The second kappa shape index (κ2) is 10.5. The van der Waals surface area contributed by atoms with Gasteiger partial charge in [0, 0.05) is 25.2 Å². The molecule has 2 aliphatic rings. The molecule has 2 fully saturated rings. The zero-order valence-electron chi connectivity index (χ0n) is 16.7. The Hall–Kier alpha value is -1.87. The number of likely N-dealkylation sites (tertiary alicyclic amines) is 1. The zero-order chi connectivity index (χ0) is 18.9. The summed E-state index contributed by atoms with van der Waals surface area (Å²) >= 11 is 0. The highest BCUT2D eigenvalue weighted by Crippen LogP contribution is 2.22. The minimum atomic E-state index is 0.419. The first-order valence-corrected chi connectivity index (χ1v) is 10.8. The predicted octanol–water partition coefficient (Wildman–Crippen LogP) is 4.16. The number of piperidine rings is 1. The van der Waals surface area contributed by atoms with E-state index in [0.717, 1.165) is 32.4 Å². The molecular weight excluding hydrogens is 336 g/mol. The minimum Gasteiger partial charge on any atom is -0.366 e. The normalized spacial score (nSPS) is 22.0. The maximum Gasteiger partial charge on any atom is 0.224 e. The van der Waals surface area contributed by atoms with Crippen molar-refractivity contribution < 1.29 is 0 Å². The molecule has 2 N–H and O–H groups in total. The fourth-order valence-corrected chi connectivity index (χ4v) is 4.25. The lowest BCUT2D eigenvalue weighted by atomic mass is 10.0. The molecule has 6 nitrogen and oxygen atoms in total. The van der Waals surface area contributed by atoms with Crippen LogP contribution in [0.5, 0.6) is 0 Å². The van der Waals surface area contributed by atoms with Crippen LogP contribution < -0.4 is 10.6 Å². The van der Waals surface area contributed by atoms with Gasteiger partial charge in [-0.2, -0.15) is 10.2 Å². The molecule has 148 valence electrons. The van der Waals surface area contributed by atoms with Gasteiger partial charge in [0.15, 0.2) is 0 Å². The maximum atomic E-state index is 9.38. The van der Waals surface area contributed by atoms with Gasteiger partial charge in [0.1, 0.15) is 17.5 Å². The van der Waals surface area contributed by atoms with E-state index >= 15 is 0 Å². The van der Waals surface area contributed by atoms with Crippen LogP contribution in [0.2, 0.25) is 0 Å². The van der Waals surface area contributed by atoms with Gasteiger partial charge in [0.05, 0.1) is 6.20 Å². The van der Waals surface area contributed by atoms with Crippen LogP contribution in [0.4, 0.5) is 11.8 Å². The standard InChI is InChI=1S/C21H34N6/c1-17-9-6-7-13-27(17)14-8-12-23-21-24-16-18(15-22)20(26-21)25-19-10-4-2-3-5-11-19/h16-17,19H,2-14H2,1H3,(H2,23,24,25,26). The SMILES string of the molecule is CC1CCCCN1CCCNc1ncc(C#N)c(NC2CCCCCC2)n1. The van der Waals surface area contributed by atoms with Gasteiger partial charge in [0.25, 0.3) is 0 Å². The van der Waals surface area contributed by atoms with E-state index in [2.05, 4.69) is 38.5 Å². The van der Waals surface area contributed by atoms with E-state index in [0.29, 0.717) is 29.4 Å². The van der Waals surface area contributed by atoms with Gasteiger partial charge >= 0.3 is 0 Å². The van der Waals surface area contributed by atoms with Crippen LogP contribution in [0.1, 0.15) is 76.7 Å². The van der Waals surface area contributed by atoms with E-state index in [-0.39, 0.29) is 0 Å². The summed E-state index contributed by atoms with van der Waals surface area (Å²) in [6, 6.07) is 3.35. The van der Waals surface area contributed by atoms with Crippen molar-refractivity contribution >= 4 is 11.8 Å². The topological polar surface area (TPSA) is 76.9 Å². The zero-order valence-corrected chi connectivity index (χ0v) is 16.7. The molecule has 3 rings (SSSR count). The van der Waals surface area contributed by atoms with Crippen molar-refractivity contribution in [3.8, 4) is 6.07 Å². The highest BCUT2D eigenvalue weighted by Gasteiger charge is 2.18. The monoisotopic (exact) mass is 370 g/mol. The number of aromatic nitrogens is 2. The van der Waals surface area contributed by atoms with Gasteiger partial charge in [-0.1, -0.05) is 32.1 Å². The van der Waals surface area contributed by atoms with E-state index in [1.165, 1.54) is 51.5 Å². The molecule has 1 saturated heterocycles. The number of nitrogens with zero attached hydrogens (tertiary/aromatic N) is 4. The van der Waals surface area contributed by atoms with Crippen molar-refractivity contribution in [3.05, 3.63) is 11.8 Å². The Morgan fingerprint density at radius 3 is 2.67 bits per heavy atom. The quantitative estimate of drug-likeness (QED) is 0.554. The molecule has 1 aromatic heterocycles. The third-order valence-electron chi connectivity index (χ3n) is 5.95. The maximum absolute atomic E-state index is 9.38. The minimum absolute atomic E-state index is 0.419. The Bertz CT molecular complexity index is 618. The third-order valence-corrected chi connectivity index (χ3v) is 5.95. The number of nitriles is 1. The fraction of sp³-hybridized carbons (Fsp3) is 0.762. The molecule has 1 atom stereocenters. The summed E-state index contributed by atoms with van der Waals surface area (Å²) in [7, 11) is 0. The highest BCUT2D eigenvalue weighted by atomic mass is 15.2. The lowest BCUT2D eigenvalue weighted by Crippen LogP contribution is -2.38. The van der Waals surface area contributed by atoms with E-state index in [9.17, 15) is 5.26 Å². The lowest BCUT2D eigenvalue weighted by Gasteiger charge is -2.33. The second-order valence-electron chi connectivity index (χ2n) is 8.06. The van der Waals surface area contributed by atoms with Crippen molar-refractivity contribution in [3.63, 3.8) is 0 Å². The van der Waals surface area contributed by atoms with Gasteiger partial charge in [0.2, 0.25) is 5.95 Å². The van der Waals surface area contributed by atoms with Gasteiger partial charge in [-0.25, -0.2) is 4.98 Å². The van der Waals surface area contributed by atoms with Crippen LogP contribution in [0, 0.1) is 11.3 Å². The molecule has 6 heteroatoms. The molecule has 1 saturated carbocycles. The summed E-state index contributed by atoms with van der Waals surface area (Å²) in [6.45, 7) is 5.54. The van der Waals surface area contributed by atoms with Crippen molar-refractivity contribution in [1.82, 2.24) is 14.9 Å². The Kier molecular flexibility index (Phi) is 7.70. The van der Waals surface area contributed by atoms with Gasteiger partial charge in [-0.3, -0.25) is 0 Å². The summed E-state index contributed by atoms with van der Waals surface area (Å²) in [5, 5.41) is 16.2. The molecule has 0 bridgehead atoms. The Labute approximate surface area is 163 Å². The molecule has 1 unspecified atom stereocenters. The van der Waals surface area contributed by atoms with Crippen LogP contribution in [-0.2, 0) is 0 Å². The lowest BCUT2D eigenvalue weighted by molar-refractivity contribution is 0.160. The molecule has 27 heavy (non-hydrogen) atoms. The third kappa shape index (κ3) is 6.07. The molecule has 0 amide bonds. The summed E-state index contributed by atoms with van der Waals surface area (Å²) in [5.74, 6) is 1.31. The fourth-order valence-electron chi connectivity index (χ4n) is 4.25. The molecule has 1 aromatic rings. The number of anilines is 2. The average Bonchev–Trinajstić information content (AvgIpc) is 2.95. The number of hydrogen-bond donors (Lipinski definition) is 2. The Balaban J connectivity index is 1.50. The smallest absolute Gasteiger partial charge is 0.224 e. The van der Waals surface area contributed by atoms with E-state index < -0.39 is 0 Å².